The number of hydrogen-bond acceptors (Lipinski definition) is 4. The standard InChI is InChI=1S/C12H12ClFN4O/c13-9-5-8(6-10(14)7-9)11-15-12(17-16-11)18-1-3-19-4-2-18/h5-7H,1-4H2,(H,15,16,17). The van der Waals surface area contributed by atoms with Crippen molar-refractivity contribution in [2.45, 2.75) is 0 Å². The van der Waals surface area contributed by atoms with Crippen LogP contribution in [0.4, 0.5) is 10.3 Å². The van der Waals surface area contributed by atoms with Gasteiger partial charge in [0.2, 0.25) is 5.95 Å². The van der Waals surface area contributed by atoms with Crippen LogP contribution in [-0.4, -0.2) is 41.5 Å². The van der Waals surface area contributed by atoms with E-state index in [9.17, 15) is 4.39 Å². The van der Waals surface area contributed by atoms with E-state index < -0.39 is 5.82 Å². The molecule has 100 valence electrons. The lowest BCUT2D eigenvalue weighted by Crippen LogP contribution is -2.36. The van der Waals surface area contributed by atoms with Crippen molar-refractivity contribution in [1.29, 1.82) is 0 Å². The maximum absolute atomic E-state index is 13.3. The lowest BCUT2D eigenvalue weighted by molar-refractivity contribution is 0.122. The van der Waals surface area contributed by atoms with Gasteiger partial charge in [-0.05, 0) is 18.2 Å². The summed E-state index contributed by atoms with van der Waals surface area (Å²) in [5.74, 6) is 0.702. The molecule has 2 aromatic rings. The molecule has 19 heavy (non-hydrogen) atoms. The maximum atomic E-state index is 13.3. The van der Waals surface area contributed by atoms with Gasteiger partial charge in [-0.2, -0.15) is 4.98 Å². The first-order valence-corrected chi connectivity index (χ1v) is 6.32. The Hall–Kier alpha value is -1.66. The van der Waals surface area contributed by atoms with Crippen molar-refractivity contribution >= 4 is 17.5 Å². The first kappa shape index (κ1) is 12.4. The second-order valence-electron chi connectivity index (χ2n) is 4.24. The SMILES string of the molecule is Fc1cc(Cl)cc(-c2nc(N3CCOCC3)n[nH]2)c1. The third kappa shape index (κ3) is 2.69. The highest BCUT2D eigenvalue weighted by Crippen LogP contribution is 2.23. The molecule has 1 saturated heterocycles. The minimum Gasteiger partial charge on any atom is -0.378 e. The minimum atomic E-state index is -0.396. The molecule has 0 radical (unpaired) electrons. The Morgan fingerprint density at radius 2 is 2.05 bits per heavy atom. The highest BCUT2D eigenvalue weighted by Gasteiger charge is 2.16. The summed E-state index contributed by atoms with van der Waals surface area (Å²) in [5, 5.41) is 7.28. The normalized spacial score (nSPS) is 15.8. The second-order valence-corrected chi connectivity index (χ2v) is 4.68. The van der Waals surface area contributed by atoms with E-state index >= 15 is 0 Å². The molecule has 0 amide bonds. The predicted molar refractivity (Wildman–Crippen MR) is 69.8 cm³/mol. The molecule has 0 saturated carbocycles. The fraction of sp³-hybridized carbons (Fsp3) is 0.333. The molecule has 0 bridgehead atoms. The molecule has 0 spiro atoms. The van der Waals surface area contributed by atoms with E-state index in [-0.39, 0.29) is 0 Å². The summed E-state index contributed by atoms with van der Waals surface area (Å²) < 4.78 is 18.6. The fourth-order valence-electron chi connectivity index (χ4n) is 1.98. The van der Waals surface area contributed by atoms with Gasteiger partial charge in [0.05, 0.1) is 13.2 Å². The molecule has 1 aliphatic rings. The van der Waals surface area contributed by atoms with Crippen LogP contribution >= 0.6 is 11.6 Å². The summed E-state index contributed by atoms with van der Waals surface area (Å²) in [6, 6.07) is 4.27. The van der Waals surface area contributed by atoms with E-state index in [4.69, 9.17) is 16.3 Å². The van der Waals surface area contributed by atoms with E-state index in [1.807, 2.05) is 4.90 Å². The molecule has 1 aromatic heterocycles. The third-order valence-electron chi connectivity index (χ3n) is 2.90. The Labute approximate surface area is 114 Å². The fourth-order valence-corrected chi connectivity index (χ4v) is 2.20. The maximum Gasteiger partial charge on any atom is 0.245 e. The van der Waals surface area contributed by atoms with Gasteiger partial charge in [-0.15, -0.1) is 5.10 Å². The van der Waals surface area contributed by atoms with Gasteiger partial charge in [0.1, 0.15) is 5.82 Å². The number of morpholine rings is 1. The van der Waals surface area contributed by atoms with Gasteiger partial charge < -0.3 is 9.64 Å². The molecular weight excluding hydrogens is 271 g/mol. The van der Waals surface area contributed by atoms with Crippen molar-refractivity contribution < 1.29 is 9.13 Å². The van der Waals surface area contributed by atoms with Crippen molar-refractivity contribution in [3.05, 3.63) is 29.0 Å². The summed E-state index contributed by atoms with van der Waals surface area (Å²) in [4.78, 5) is 6.38. The number of H-pyrrole nitrogens is 1. The van der Waals surface area contributed by atoms with Crippen molar-refractivity contribution in [2.75, 3.05) is 31.2 Å². The first-order chi connectivity index (χ1) is 9.22. The zero-order valence-electron chi connectivity index (χ0n) is 10.1. The third-order valence-corrected chi connectivity index (χ3v) is 3.12. The van der Waals surface area contributed by atoms with Crippen molar-refractivity contribution in [3.63, 3.8) is 0 Å². The average molecular weight is 283 g/mol. The Kier molecular flexibility index (Phi) is 3.35. The molecule has 1 aliphatic heterocycles. The highest BCUT2D eigenvalue weighted by atomic mass is 35.5. The van der Waals surface area contributed by atoms with E-state index in [2.05, 4.69) is 15.2 Å². The molecule has 3 rings (SSSR count). The van der Waals surface area contributed by atoms with Crippen LogP contribution in [0.3, 0.4) is 0 Å². The lowest BCUT2D eigenvalue weighted by atomic mass is 10.2. The summed E-state index contributed by atoms with van der Waals surface area (Å²) in [6.07, 6.45) is 0. The molecule has 7 heteroatoms. The van der Waals surface area contributed by atoms with Crippen LogP contribution in [0, 0.1) is 5.82 Å². The predicted octanol–water partition coefficient (Wildman–Crippen LogP) is 2.10. The number of rotatable bonds is 2. The lowest BCUT2D eigenvalue weighted by Gasteiger charge is -2.25. The van der Waals surface area contributed by atoms with E-state index in [1.165, 1.54) is 12.1 Å². The van der Waals surface area contributed by atoms with Gasteiger partial charge in [0.25, 0.3) is 0 Å². The number of anilines is 1. The molecule has 1 fully saturated rings. The Morgan fingerprint density at radius 1 is 1.26 bits per heavy atom. The molecule has 0 atom stereocenters. The average Bonchev–Trinajstić information content (AvgIpc) is 2.88. The van der Waals surface area contributed by atoms with Gasteiger partial charge >= 0.3 is 0 Å². The van der Waals surface area contributed by atoms with Crippen LogP contribution in [0.25, 0.3) is 11.4 Å². The van der Waals surface area contributed by atoms with E-state index in [0.717, 1.165) is 13.1 Å². The number of aromatic nitrogens is 3. The number of nitrogens with one attached hydrogen (secondary N) is 1. The second kappa shape index (κ2) is 5.14. The van der Waals surface area contributed by atoms with Crippen molar-refractivity contribution in [1.82, 2.24) is 15.2 Å². The molecule has 0 unspecified atom stereocenters. The van der Waals surface area contributed by atoms with Gasteiger partial charge in [0, 0.05) is 23.7 Å². The van der Waals surface area contributed by atoms with E-state index in [0.29, 0.717) is 35.6 Å². The van der Waals surface area contributed by atoms with Crippen LogP contribution in [0.2, 0.25) is 5.02 Å². The van der Waals surface area contributed by atoms with Gasteiger partial charge in [0.15, 0.2) is 5.82 Å². The van der Waals surface area contributed by atoms with Crippen LogP contribution in [0.15, 0.2) is 18.2 Å². The molecule has 0 aliphatic carbocycles. The Balaban J connectivity index is 1.87. The Bertz CT molecular complexity index is 563. The van der Waals surface area contributed by atoms with Crippen LogP contribution < -0.4 is 4.90 Å². The van der Waals surface area contributed by atoms with E-state index in [1.54, 1.807) is 6.07 Å². The quantitative estimate of drug-likeness (QED) is 0.916. The summed E-state index contributed by atoms with van der Waals surface area (Å²) >= 11 is 5.83. The van der Waals surface area contributed by atoms with Crippen LogP contribution in [-0.2, 0) is 4.74 Å². The number of ether oxygens (including phenoxy) is 1. The minimum absolute atomic E-state index is 0.333. The zero-order valence-corrected chi connectivity index (χ0v) is 10.8. The van der Waals surface area contributed by atoms with Crippen LogP contribution in [0.5, 0.6) is 0 Å². The van der Waals surface area contributed by atoms with Crippen molar-refractivity contribution in [3.8, 4) is 11.4 Å². The summed E-state index contributed by atoms with van der Waals surface area (Å²) in [6.45, 7) is 2.83. The number of halogens is 2. The molecular formula is C12H12ClFN4O. The Morgan fingerprint density at radius 3 is 2.79 bits per heavy atom. The number of nitrogens with zero attached hydrogens (tertiary/aromatic N) is 3. The monoisotopic (exact) mass is 282 g/mol. The summed E-state index contributed by atoms with van der Waals surface area (Å²) in [5.41, 5.74) is 0.581. The van der Waals surface area contributed by atoms with Gasteiger partial charge in [-0.1, -0.05) is 11.6 Å². The zero-order chi connectivity index (χ0) is 13.2. The molecule has 2 heterocycles. The van der Waals surface area contributed by atoms with Crippen molar-refractivity contribution in [2.24, 2.45) is 0 Å². The number of aromatic amines is 1. The number of hydrogen-bond donors (Lipinski definition) is 1. The topological polar surface area (TPSA) is 54.0 Å². The smallest absolute Gasteiger partial charge is 0.245 e. The summed E-state index contributed by atoms with van der Waals surface area (Å²) in [7, 11) is 0. The van der Waals surface area contributed by atoms with Gasteiger partial charge in [-0.3, -0.25) is 5.10 Å². The number of benzene rings is 1. The van der Waals surface area contributed by atoms with Crippen LogP contribution in [0.1, 0.15) is 0 Å². The molecule has 5 nitrogen and oxygen atoms in total. The largest absolute Gasteiger partial charge is 0.378 e. The molecule has 1 aromatic carbocycles. The van der Waals surface area contributed by atoms with Gasteiger partial charge in [-0.25, -0.2) is 4.39 Å². The first-order valence-electron chi connectivity index (χ1n) is 5.94. The molecule has 1 N–H and O–H groups in total. The highest BCUT2D eigenvalue weighted by molar-refractivity contribution is 6.30.